The maximum absolute atomic E-state index is 12.7. The number of anilines is 1. The molecule has 1 aromatic carbocycles. The first kappa shape index (κ1) is 20.1. The fraction of sp³-hybridized carbons (Fsp3) is 0.632. The topological polar surface area (TPSA) is 79.0 Å². The molecule has 2 aliphatic heterocycles. The molecule has 150 valence electrons. The molecule has 8 heteroatoms. The summed E-state index contributed by atoms with van der Waals surface area (Å²) in [6.45, 7) is 3.16. The van der Waals surface area contributed by atoms with E-state index in [0.29, 0.717) is 36.9 Å². The molecule has 2 fully saturated rings. The van der Waals surface area contributed by atoms with E-state index >= 15 is 0 Å². The average Bonchev–Trinajstić information content (AvgIpc) is 3.08. The lowest BCUT2D eigenvalue weighted by molar-refractivity contribution is -0.117. The van der Waals surface area contributed by atoms with Crippen molar-refractivity contribution in [3.8, 4) is 5.75 Å². The Bertz CT molecular complexity index is 773. The lowest BCUT2D eigenvalue weighted by Gasteiger charge is -2.28. The van der Waals surface area contributed by atoms with Gasteiger partial charge in [0.1, 0.15) is 5.75 Å². The molecule has 1 aromatic rings. The number of hydrogen-bond donors (Lipinski definition) is 1. The molecule has 2 aliphatic rings. The van der Waals surface area contributed by atoms with Crippen LogP contribution in [-0.2, 0) is 14.8 Å². The summed E-state index contributed by atoms with van der Waals surface area (Å²) in [7, 11) is 0.0173. The van der Waals surface area contributed by atoms with Crippen LogP contribution in [0.4, 0.5) is 5.69 Å². The maximum Gasteiger partial charge on any atom is 0.240 e. The molecule has 27 heavy (non-hydrogen) atoms. The summed E-state index contributed by atoms with van der Waals surface area (Å²) in [5.74, 6) is 1.08. The summed E-state index contributed by atoms with van der Waals surface area (Å²) < 4.78 is 33.5. The molecule has 3 rings (SSSR count). The van der Waals surface area contributed by atoms with Gasteiger partial charge in [-0.05, 0) is 69.9 Å². The van der Waals surface area contributed by atoms with Gasteiger partial charge >= 0.3 is 0 Å². The van der Waals surface area contributed by atoms with Crippen molar-refractivity contribution in [3.63, 3.8) is 0 Å². The number of hydrogen-bond acceptors (Lipinski definition) is 5. The van der Waals surface area contributed by atoms with E-state index < -0.39 is 10.0 Å². The fourth-order valence-corrected chi connectivity index (χ4v) is 4.85. The molecule has 1 amide bonds. The number of nitrogens with one attached hydrogen (secondary N) is 1. The van der Waals surface area contributed by atoms with E-state index in [2.05, 4.69) is 16.7 Å². The van der Waals surface area contributed by atoms with Crippen LogP contribution in [0.1, 0.15) is 32.1 Å². The second kappa shape index (κ2) is 8.58. The molecule has 2 saturated heterocycles. The lowest BCUT2D eigenvalue weighted by atomic mass is 9.94. The molecular weight excluding hydrogens is 366 g/mol. The van der Waals surface area contributed by atoms with Crippen LogP contribution in [0.5, 0.6) is 5.75 Å². The second-order valence-corrected chi connectivity index (χ2v) is 9.18. The monoisotopic (exact) mass is 395 g/mol. The van der Waals surface area contributed by atoms with Gasteiger partial charge in [-0.15, -0.1) is 0 Å². The summed E-state index contributed by atoms with van der Waals surface area (Å²) in [4.78, 5) is 16.2. The third-order valence-corrected chi connectivity index (χ3v) is 6.97. The van der Waals surface area contributed by atoms with E-state index in [-0.39, 0.29) is 10.8 Å². The largest absolute Gasteiger partial charge is 0.495 e. The van der Waals surface area contributed by atoms with Gasteiger partial charge in [0, 0.05) is 19.5 Å². The third kappa shape index (κ3) is 4.80. The smallest absolute Gasteiger partial charge is 0.240 e. The van der Waals surface area contributed by atoms with Crippen molar-refractivity contribution in [2.75, 3.05) is 45.2 Å². The molecule has 0 unspecified atom stereocenters. The van der Waals surface area contributed by atoms with Crippen molar-refractivity contribution < 1.29 is 17.9 Å². The SMILES string of the molecule is COc1ccc(S(=O)(=O)NCCC2CCN(C)CC2)cc1N1CCCC1=O. The summed E-state index contributed by atoms with van der Waals surface area (Å²) in [6, 6.07) is 4.69. The minimum absolute atomic E-state index is 0.00178. The van der Waals surface area contributed by atoms with Crippen LogP contribution in [0.3, 0.4) is 0 Å². The minimum Gasteiger partial charge on any atom is -0.495 e. The summed E-state index contributed by atoms with van der Waals surface area (Å²) in [5, 5.41) is 0. The first-order valence-corrected chi connectivity index (χ1v) is 11.1. The highest BCUT2D eigenvalue weighted by atomic mass is 32.2. The molecule has 2 heterocycles. The van der Waals surface area contributed by atoms with Crippen LogP contribution in [0, 0.1) is 5.92 Å². The van der Waals surface area contributed by atoms with Crippen LogP contribution in [0.25, 0.3) is 0 Å². The number of piperidine rings is 1. The lowest BCUT2D eigenvalue weighted by Crippen LogP contribution is -2.32. The van der Waals surface area contributed by atoms with Gasteiger partial charge < -0.3 is 14.5 Å². The van der Waals surface area contributed by atoms with Crippen molar-refractivity contribution >= 4 is 21.6 Å². The van der Waals surface area contributed by atoms with Crippen LogP contribution < -0.4 is 14.4 Å². The number of benzene rings is 1. The predicted octanol–water partition coefficient (Wildman–Crippen LogP) is 1.83. The van der Waals surface area contributed by atoms with E-state index in [1.54, 1.807) is 17.0 Å². The molecule has 0 spiro atoms. The van der Waals surface area contributed by atoms with Crippen LogP contribution in [0.15, 0.2) is 23.1 Å². The molecule has 1 N–H and O–H groups in total. The fourth-order valence-electron chi connectivity index (χ4n) is 3.78. The van der Waals surface area contributed by atoms with Crippen LogP contribution in [-0.4, -0.2) is 59.6 Å². The van der Waals surface area contributed by atoms with E-state index in [0.717, 1.165) is 38.8 Å². The molecule has 0 bridgehead atoms. The third-order valence-electron chi connectivity index (χ3n) is 5.51. The number of nitrogens with zero attached hydrogens (tertiary/aromatic N) is 2. The van der Waals surface area contributed by atoms with Gasteiger partial charge in [0.2, 0.25) is 15.9 Å². The Morgan fingerprint density at radius 3 is 2.59 bits per heavy atom. The maximum atomic E-state index is 12.7. The van der Waals surface area contributed by atoms with Crippen molar-refractivity contribution in [2.24, 2.45) is 5.92 Å². The quantitative estimate of drug-likeness (QED) is 0.762. The first-order chi connectivity index (χ1) is 12.9. The Kier molecular flexibility index (Phi) is 6.39. The number of ether oxygens (including phenoxy) is 1. The van der Waals surface area contributed by atoms with Crippen LogP contribution in [0.2, 0.25) is 0 Å². The van der Waals surface area contributed by atoms with Crippen LogP contribution >= 0.6 is 0 Å². The van der Waals surface area contributed by atoms with E-state index in [4.69, 9.17) is 4.74 Å². The van der Waals surface area contributed by atoms with Gasteiger partial charge in [0.25, 0.3) is 0 Å². The molecular formula is C19H29N3O4S. The Labute approximate surface area is 161 Å². The van der Waals surface area contributed by atoms with Gasteiger partial charge in [-0.3, -0.25) is 4.79 Å². The standard InChI is InChI=1S/C19H29N3O4S/c1-21-12-8-15(9-13-21)7-10-20-27(24,25)16-5-6-18(26-2)17(14-16)22-11-3-4-19(22)23/h5-6,14-15,20H,3-4,7-13H2,1-2H3. The van der Waals surface area contributed by atoms with E-state index in [1.165, 1.54) is 13.2 Å². The molecule has 0 atom stereocenters. The normalized spacial score (nSPS) is 19.6. The van der Waals surface area contributed by atoms with Gasteiger partial charge in [0.05, 0.1) is 17.7 Å². The zero-order valence-electron chi connectivity index (χ0n) is 16.1. The highest BCUT2D eigenvalue weighted by Crippen LogP contribution is 2.33. The molecule has 0 aromatic heterocycles. The molecule has 0 aliphatic carbocycles. The Morgan fingerprint density at radius 2 is 1.96 bits per heavy atom. The second-order valence-electron chi connectivity index (χ2n) is 7.42. The van der Waals surface area contributed by atoms with Gasteiger partial charge in [-0.2, -0.15) is 0 Å². The summed E-state index contributed by atoms with van der Waals surface area (Å²) in [6.07, 6.45) is 4.33. The van der Waals surface area contributed by atoms with Crippen molar-refractivity contribution in [2.45, 2.75) is 37.0 Å². The zero-order chi connectivity index (χ0) is 19.4. The summed E-state index contributed by atoms with van der Waals surface area (Å²) >= 11 is 0. The number of carbonyl (C=O) groups is 1. The average molecular weight is 396 g/mol. The number of methoxy groups -OCH3 is 1. The van der Waals surface area contributed by atoms with Gasteiger partial charge in [-0.25, -0.2) is 13.1 Å². The van der Waals surface area contributed by atoms with E-state index in [9.17, 15) is 13.2 Å². The molecule has 0 radical (unpaired) electrons. The van der Waals surface area contributed by atoms with Gasteiger partial charge in [0.15, 0.2) is 0 Å². The Morgan fingerprint density at radius 1 is 1.22 bits per heavy atom. The number of likely N-dealkylation sites (tertiary alicyclic amines) is 1. The first-order valence-electron chi connectivity index (χ1n) is 9.57. The zero-order valence-corrected chi connectivity index (χ0v) is 16.9. The Balaban J connectivity index is 1.67. The number of sulfonamides is 1. The van der Waals surface area contributed by atoms with Crippen molar-refractivity contribution in [3.05, 3.63) is 18.2 Å². The molecule has 7 nitrogen and oxygen atoms in total. The minimum atomic E-state index is -3.62. The molecule has 0 saturated carbocycles. The summed E-state index contributed by atoms with van der Waals surface area (Å²) in [5.41, 5.74) is 0.526. The van der Waals surface area contributed by atoms with Crippen molar-refractivity contribution in [1.29, 1.82) is 0 Å². The van der Waals surface area contributed by atoms with Crippen molar-refractivity contribution in [1.82, 2.24) is 9.62 Å². The van der Waals surface area contributed by atoms with Gasteiger partial charge in [-0.1, -0.05) is 0 Å². The highest BCUT2D eigenvalue weighted by Gasteiger charge is 2.26. The number of rotatable bonds is 7. The number of amides is 1. The highest BCUT2D eigenvalue weighted by molar-refractivity contribution is 7.89. The number of carbonyl (C=O) groups excluding carboxylic acids is 1. The van der Waals surface area contributed by atoms with E-state index in [1.807, 2.05) is 0 Å². The Hall–Kier alpha value is -1.64. The predicted molar refractivity (Wildman–Crippen MR) is 105 cm³/mol.